The Labute approximate surface area is 125 Å². The summed E-state index contributed by atoms with van der Waals surface area (Å²) >= 11 is 0. The molecule has 0 aliphatic heterocycles. The molecule has 0 saturated heterocycles. The van der Waals surface area contributed by atoms with E-state index in [9.17, 15) is 13.2 Å². The molecule has 1 rings (SSSR count). The Hall–Kier alpha value is -1.60. The zero-order valence-electron chi connectivity index (χ0n) is 12.4. The van der Waals surface area contributed by atoms with Gasteiger partial charge in [0.15, 0.2) is 9.84 Å². The molecule has 0 heterocycles. The fourth-order valence-corrected chi connectivity index (χ4v) is 2.91. The average molecular weight is 314 g/mol. The zero-order chi connectivity index (χ0) is 15.9. The molecule has 0 aliphatic carbocycles. The van der Waals surface area contributed by atoms with Crippen LogP contribution in [0.25, 0.3) is 0 Å². The Kier molecular flexibility index (Phi) is 6.64. The lowest BCUT2D eigenvalue weighted by Crippen LogP contribution is -2.34. The van der Waals surface area contributed by atoms with Crippen LogP contribution in [0.2, 0.25) is 0 Å². The second-order valence-electron chi connectivity index (χ2n) is 5.05. The highest BCUT2D eigenvalue weighted by atomic mass is 32.2. The minimum atomic E-state index is -3.52. The number of para-hydroxylation sites is 1. The number of carbonyl (C=O) groups is 1. The van der Waals surface area contributed by atoms with Gasteiger partial charge in [0, 0.05) is 32.4 Å². The third-order valence-electron chi connectivity index (χ3n) is 3.14. The second kappa shape index (κ2) is 7.99. The van der Waals surface area contributed by atoms with Crippen molar-refractivity contribution < 1.29 is 18.3 Å². The van der Waals surface area contributed by atoms with Gasteiger partial charge in [-0.05, 0) is 19.2 Å². The van der Waals surface area contributed by atoms with Crippen LogP contribution < -0.4 is 4.90 Å². The maximum absolute atomic E-state index is 11.5. The fraction of sp³-hybridized carbons (Fsp3) is 0.500. The molecular formula is C14H22N2O4S. The van der Waals surface area contributed by atoms with E-state index >= 15 is 0 Å². The minimum Gasteiger partial charge on any atom is -0.480 e. The van der Waals surface area contributed by atoms with Crippen molar-refractivity contribution in [3.05, 3.63) is 30.3 Å². The zero-order valence-corrected chi connectivity index (χ0v) is 13.2. The summed E-state index contributed by atoms with van der Waals surface area (Å²) in [6.07, 6.45) is 0. The number of hydrogen-bond donors (Lipinski definition) is 1. The number of carboxylic acids is 1. The van der Waals surface area contributed by atoms with Crippen molar-refractivity contribution in [2.24, 2.45) is 0 Å². The Morgan fingerprint density at radius 1 is 1.10 bits per heavy atom. The van der Waals surface area contributed by atoms with Crippen molar-refractivity contribution in [3.63, 3.8) is 0 Å². The number of carboxylic acid groups (broad SMARTS) is 1. The summed E-state index contributed by atoms with van der Waals surface area (Å²) in [4.78, 5) is 14.4. The molecular weight excluding hydrogens is 292 g/mol. The van der Waals surface area contributed by atoms with Crippen LogP contribution in [0.3, 0.4) is 0 Å². The van der Waals surface area contributed by atoms with Gasteiger partial charge in [0.2, 0.25) is 0 Å². The molecule has 0 radical (unpaired) electrons. The van der Waals surface area contributed by atoms with E-state index in [0.717, 1.165) is 12.2 Å². The second-order valence-corrected chi connectivity index (χ2v) is 7.23. The number of sulfone groups is 1. The third kappa shape index (κ3) is 7.10. The van der Waals surface area contributed by atoms with Gasteiger partial charge >= 0.3 is 5.97 Å². The first kappa shape index (κ1) is 17.5. The first-order valence-corrected chi connectivity index (χ1v) is 8.49. The number of hydrogen-bond acceptors (Lipinski definition) is 5. The largest absolute Gasteiger partial charge is 0.480 e. The third-order valence-corrected chi connectivity index (χ3v) is 4.63. The van der Waals surface area contributed by atoms with Gasteiger partial charge in [-0.25, -0.2) is 8.42 Å². The van der Waals surface area contributed by atoms with Crippen LogP contribution in [-0.4, -0.2) is 69.6 Å². The number of nitrogens with zero attached hydrogens (tertiary/aromatic N) is 2. The fourth-order valence-electron chi connectivity index (χ4n) is 1.80. The molecule has 0 aromatic heterocycles. The molecule has 0 amide bonds. The van der Waals surface area contributed by atoms with Crippen LogP contribution in [0.15, 0.2) is 30.3 Å². The predicted octanol–water partition coefficient (Wildman–Crippen LogP) is 0.554. The summed E-state index contributed by atoms with van der Waals surface area (Å²) < 4.78 is 23.0. The van der Waals surface area contributed by atoms with Crippen LogP contribution in [-0.2, 0) is 14.6 Å². The summed E-state index contributed by atoms with van der Waals surface area (Å²) in [5.41, 5.74) is 1.10. The maximum atomic E-state index is 11.5. The van der Waals surface area contributed by atoms with Crippen molar-refractivity contribution >= 4 is 21.5 Å². The van der Waals surface area contributed by atoms with E-state index in [1.807, 2.05) is 49.3 Å². The number of benzene rings is 1. The molecule has 0 saturated carbocycles. The van der Waals surface area contributed by atoms with E-state index in [1.54, 1.807) is 0 Å². The standard InChI is InChI=1S/C14H22N2O4S/c1-15(10-11-21(19,20)12-14(17)18)8-9-16(2)13-6-4-3-5-7-13/h3-7H,8-12H2,1-2H3,(H,17,18). The molecule has 0 atom stereocenters. The highest BCUT2D eigenvalue weighted by Gasteiger charge is 2.16. The van der Waals surface area contributed by atoms with Gasteiger partial charge in [-0.1, -0.05) is 18.2 Å². The lowest BCUT2D eigenvalue weighted by atomic mass is 10.3. The normalized spacial score (nSPS) is 11.6. The van der Waals surface area contributed by atoms with Crippen molar-refractivity contribution in [1.82, 2.24) is 4.90 Å². The van der Waals surface area contributed by atoms with Gasteiger partial charge in [-0.3, -0.25) is 4.79 Å². The molecule has 7 heteroatoms. The van der Waals surface area contributed by atoms with Crippen LogP contribution in [0.4, 0.5) is 5.69 Å². The highest BCUT2D eigenvalue weighted by Crippen LogP contribution is 2.10. The molecule has 6 nitrogen and oxygen atoms in total. The first-order chi connectivity index (χ1) is 9.80. The van der Waals surface area contributed by atoms with E-state index in [-0.39, 0.29) is 5.75 Å². The highest BCUT2D eigenvalue weighted by molar-refractivity contribution is 7.92. The van der Waals surface area contributed by atoms with Crippen molar-refractivity contribution in [2.45, 2.75) is 0 Å². The minimum absolute atomic E-state index is 0.134. The topological polar surface area (TPSA) is 77.9 Å². The van der Waals surface area contributed by atoms with E-state index in [4.69, 9.17) is 5.11 Å². The quantitative estimate of drug-likeness (QED) is 0.717. The molecule has 21 heavy (non-hydrogen) atoms. The van der Waals surface area contributed by atoms with Gasteiger partial charge < -0.3 is 14.9 Å². The van der Waals surface area contributed by atoms with Gasteiger partial charge in [-0.15, -0.1) is 0 Å². The summed E-state index contributed by atoms with van der Waals surface area (Å²) in [5.74, 6) is -2.24. The maximum Gasteiger partial charge on any atom is 0.318 e. The van der Waals surface area contributed by atoms with Gasteiger partial charge in [0.1, 0.15) is 5.75 Å². The Morgan fingerprint density at radius 3 is 2.29 bits per heavy atom. The summed E-state index contributed by atoms with van der Waals surface area (Å²) in [6, 6.07) is 9.91. The van der Waals surface area contributed by atoms with Crippen molar-refractivity contribution in [1.29, 1.82) is 0 Å². The molecule has 1 aromatic carbocycles. The first-order valence-electron chi connectivity index (χ1n) is 6.67. The van der Waals surface area contributed by atoms with Crippen LogP contribution in [0.1, 0.15) is 0 Å². The predicted molar refractivity (Wildman–Crippen MR) is 83.5 cm³/mol. The average Bonchev–Trinajstić information content (AvgIpc) is 2.42. The molecule has 0 aliphatic rings. The van der Waals surface area contributed by atoms with E-state index < -0.39 is 21.6 Å². The van der Waals surface area contributed by atoms with E-state index in [1.165, 1.54) is 0 Å². The molecule has 0 unspecified atom stereocenters. The van der Waals surface area contributed by atoms with Gasteiger partial charge in [0.25, 0.3) is 0 Å². The molecule has 118 valence electrons. The Bertz CT molecular complexity index is 545. The molecule has 0 fully saturated rings. The van der Waals surface area contributed by atoms with Crippen LogP contribution in [0, 0.1) is 0 Å². The van der Waals surface area contributed by atoms with Crippen molar-refractivity contribution in [3.8, 4) is 0 Å². The number of likely N-dealkylation sites (N-methyl/N-ethyl adjacent to an activating group) is 2. The summed E-state index contributed by atoms with van der Waals surface area (Å²) in [5, 5.41) is 8.52. The molecule has 0 bridgehead atoms. The number of rotatable bonds is 9. The van der Waals surface area contributed by atoms with E-state index in [2.05, 4.69) is 4.90 Å². The van der Waals surface area contributed by atoms with Crippen LogP contribution in [0.5, 0.6) is 0 Å². The smallest absolute Gasteiger partial charge is 0.318 e. The monoisotopic (exact) mass is 314 g/mol. The number of aliphatic carboxylic acids is 1. The lowest BCUT2D eigenvalue weighted by Gasteiger charge is -2.23. The SMILES string of the molecule is CN(CCN(C)c1ccccc1)CCS(=O)(=O)CC(=O)O. The van der Waals surface area contributed by atoms with Crippen molar-refractivity contribution in [2.75, 3.05) is 50.1 Å². The Morgan fingerprint density at radius 2 is 1.71 bits per heavy atom. The summed E-state index contributed by atoms with van der Waals surface area (Å²) in [7, 11) is 0.284. The molecule has 1 N–H and O–H groups in total. The summed E-state index contributed by atoms with van der Waals surface area (Å²) in [6.45, 7) is 1.80. The molecule has 1 aromatic rings. The van der Waals surface area contributed by atoms with Gasteiger partial charge in [0.05, 0.1) is 5.75 Å². The number of anilines is 1. The van der Waals surface area contributed by atoms with Gasteiger partial charge in [-0.2, -0.15) is 0 Å². The van der Waals surface area contributed by atoms with Crippen LogP contribution >= 0.6 is 0 Å². The van der Waals surface area contributed by atoms with E-state index in [0.29, 0.717) is 13.1 Å². The lowest BCUT2D eigenvalue weighted by molar-refractivity contribution is -0.134. The Balaban J connectivity index is 2.34. The molecule has 0 spiro atoms.